The highest BCUT2D eigenvalue weighted by atomic mass is 16.6. The minimum absolute atomic E-state index is 0.126. The molecule has 10 heteroatoms. The van der Waals surface area contributed by atoms with Crippen molar-refractivity contribution in [1.29, 1.82) is 0 Å². The molecule has 178 valence electrons. The van der Waals surface area contributed by atoms with Gasteiger partial charge in [0.25, 0.3) is 0 Å². The average Bonchev–Trinajstić information content (AvgIpc) is 2.88. The van der Waals surface area contributed by atoms with E-state index in [1.807, 2.05) is 6.07 Å². The Labute approximate surface area is 197 Å². The summed E-state index contributed by atoms with van der Waals surface area (Å²) < 4.78 is 22.0. The minimum atomic E-state index is -0.490. The number of carbonyl (C=O) groups excluding carboxylic acids is 1. The molecule has 2 aliphatic rings. The molecule has 1 saturated heterocycles. The van der Waals surface area contributed by atoms with Gasteiger partial charge in [-0.05, 0) is 25.0 Å². The lowest BCUT2D eigenvalue weighted by Crippen LogP contribution is -2.39. The fraction of sp³-hybridized carbons (Fsp3) is 0.417. The van der Waals surface area contributed by atoms with Crippen LogP contribution >= 0.6 is 0 Å². The summed E-state index contributed by atoms with van der Waals surface area (Å²) in [5.41, 5.74) is 2.75. The zero-order chi connectivity index (χ0) is 23.3. The van der Waals surface area contributed by atoms with Crippen molar-refractivity contribution in [2.24, 2.45) is 0 Å². The second kappa shape index (κ2) is 10.1. The number of nitrogens with one attached hydrogen (secondary N) is 1. The van der Waals surface area contributed by atoms with Gasteiger partial charge in [0.2, 0.25) is 5.88 Å². The van der Waals surface area contributed by atoms with Crippen LogP contribution in [-0.4, -0.2) is 72.0 Å². The summed E-state index contributed by atoms with van der Waals surface area (Å²) in [6.07, 6.45) is 5.14. The molecule has 0 radical (unpaired) electrons. The van der Waals surface area contributed by atoms with E-state index >= 15 is 0 Å². The van der Waals surface area contributed by atoms with Crippen molar-refractivity contribution < 1.29 is 23.7 Å². The van der Waals surface area contributed by atoms with Crippen molar-refractivity contribution >= 4 is 22.8 Å². The van der Waals surface area contributed by atoms with E-state index in [9.17, 15) is 4.79 Å². The highest BCUT2D eigenvalue weighted by Gasteiger charge is 2.23. The Bertz CT molecular complexity index is 1170. The number of likely N-dealkylation sites (tertiary alicyclic amines) is 1. The molecule has 0 aliphatic carbocycles. The number of amides is 1. The van der Waals surface area contributed by atoms with Gasteiger partial charge < -0.3 is 23.8 Å². The van der Waals surface area contributed by atoms with Gasteiger partial charge in [-0.15, -0.1) is 0 Å². The maximum absolute atomic E-state index is 12.5. The van der Waals surface area contributed by atoms with E-state index in [-0.39, 0.29) is 6.10 Å². The predicted octanol–water partition coefficient (Wildman–Crippen LogP) is 3.06. The monoisotopic (exact) mass is 465 g/mol. The van der Waals surface area contributed by atoms with E-state index in [0.717, 1.165) is 50.3 Å². The summed E-state index contributed by atoms with van der Waals surface area (Å²) in [7, 11) is 1.55. The molecule has 2 aliphatic heterocycles. The summed E-state index contributed by atoms with van der Waals surface area (Å²) in [5.74, 6) is 1.93. The summed E-state index contributed by atoms with van der Waals surface area (Å²) in [5, 5.41) is 2.80. The fourth-order valence-electron chi connectivity index (χ4n) is 4.16. The Kier molecular flexibility index (Phi) is 6.57. The van der Waals surface area contributed by atoms with Crippen LogP contribution in [0.4, 0.5) is 10.5 Å². The molecule has 0 bridgehead atoms. The number of carbonyl (C=O) groups is 1. The van der Waals surface area contributed by atoms with Crippen molar-refractivity contribution in [2.45, 2.75) is 25.4 Å². The normalized spacial score (nSPS) is 16.3. The Morgan fingerprint density at radius 1 is 1.15 bits per heavy atom. The lowest BCUT2D eigenvalue weighted by Gasteiger charge is -2.31. The molecule has 1 N–H and O–H groups in total. The first-order valence-electron chi connectivity index (χ1n) is 11.4. The topological polar surface area (TPSA) is 108 Å². The van der Waals surface area contributed by atoms with E-state index in [4.69, 9.17) is 18.9 Å². The molecule has 5 heterocycles. The zero-order valence-corrected chi connectivity index (χ0v) is 19.0. The number of pyridine rings is 3. The third-order valence-electron chi connectivity index (χ3n) is 5.98. The first-order chi connectivity index (χ1) is 16.7. The number of rotatable bonds is 6. The molecular weight excluding hydrogens is 438 g/mol. The van der Waals surface area contributed by atoms with E-state index < -0.39 is 6.09 Å². The Balaban J connectivity index is 1.10. The van der Waals surface area contributed by atoms with Gasteiger partial charge in [0.15, 0.2) is 11.5 Å². The summed E-state index contributed by atoms with van der Waals surface area (Å²) in [4.78, 5) is 28.0. The van der Waals surface area contributed by atoms with Crippen LogP contribution < -0.4 is 19.5 Å². The molecule has 1 fully saturated rings. The second-order valence-electron chi connectivity index (χ2n) is 8.22. The van der Waals surface area contributed by atoms with Crippen LogP contribution in [0.3, 0.4) is 0 Å². The number of hydrogen-bond acceptors (Lipinski definition) is 9. The molecule has 3 aromatic heterocycles. The number of nitrogens with zero attached hydrogens (tertiary/aromatic N) is 4. The fourth-order valence-corrected chi connectivity index (χ4v) is 4.16. The Morgan fingerprint density at radius 2 is 1.97 bits per heavy atom. The van der Waals surface area contributed by atoms with Gasteiger partial charge in [-0.3, -0.25) is 15.3 Å². The van der Waals surface area contributed by atoms with Crippen LogP contribution in [0, 0.1) is 0 Å². The molecule has 3 aromatic rings. The number of anilines is 1. The molecule has 0 unspecified atom stereocenters. The third kappa shape index (κ3) is 5.12. The number of piperidine rings is 1. The number of aromatic nitrogens is 3. The van der Waals surface area contributed by atoms with Gasteiger partial charge >= 0.3 is 6.09 Å². The van der Waals surface area contributed by atoms with Crippen molar-refractivity contribution in [3.63, 3.8) is 0 Å². The maximum Gasteiger partial charge on any atom is 0.411 e. The summed E-state index contributed by atoms with van der Waals surface area (Å²) in [6.45, 7) is 3.74. The first kappa shape index (κ1) is 22.1. The van der Waals surface area contributed by atoms with Crippen molar-refractivity contribution in [3.8, 4) is 17.4 Å². The van der Waals surface area contributed by atoms with Crippen LogP contribution in [0.1, 0.15) is 18.5 Å². The van der Waals surface area contributed by atoms with Crippen LogP contribution in [0.25, 0.3) is 11.0 Å². The maximum atomic E-state index is 12.5. The number of methoxy groups -OCH3 is 1. The van der Waals surface area contributed by atoms with Gasteiger partial charge in [-0.1, -0.05) is 0 Å². The van der Waals surface area contributed by atoms with Crippen LogP contribution in [-0.2, 0) is 11.2 Å². The van der Waals surface area contributed by atoms with E-state index in [1.54, 1.807) is 37.7 Å². The molecule has 1 amide bonds. The number of fused-ring (bicyclic) bond motifs is 2. The van der Waals surface area contributed by atoms with Crippen LogP contribution in [0.5, 0.6) is 17.4 Å². The number of ether oxygens (including phenoxy) is 4. The largest absolute Gasteiger partial charge is 0.486 e. The second-order valence-corrected chi connectivity index (χ2v) is 8.22. The summed E-state index contributed by atoms with van der Waals surface area (Å²) >= 11 is 0. The average molecular weight is 466 g/mol. The predicted molar refractivity (Wildman–Crippen MR) is 125 cm³/mol. The van der Waals surface area contributed by atoms with Crippen molar-refractivity contribution in [3.05, 3.63) is 42.4 Å². The van der Waals surface area contributed by atoms with Gasteiger partial charge in [0.05, 0.1) is 24.5 Å². The summed E-state index contributed by atoms with van der Waals surface area (Å²) in [6, 6.07) is 7.19. The molecule has 34 heavy (non-hydrogen) atoms. The molecule has 0 atom stereocenters. The highest BCUT2D eigenvalue weighted by molar-refractivity contribution is 5.96. The molecule has 5 rings (SSSR count). The lowest BCUT2D eigenvalue weighted by atomic mass is 10.1. The van der Waals surface area contributed by atoms with Gasteiger partial charge in [-0.2, -0.15) is 0 Å². The molecule has 0 aromatic carbocycles. The smallest absolute Gasteiger partial charge is 0.411 e. The SMILES string of the molecule is COc1ccc2nccc(NC(=O)OC3CCN(CCc4cc5c(cn4)OCCO5)CC3)c2n1. The van der Waals surface area contributed by atoms with E-state index in [2.05, 4.69) is 25.2 Å². The Morgan fingerprint density at radius 3 is 2.79 bits per heavy atom. The zero-order valence-electron chi connectivity index (χ0n) is 19.0. The highest BCUT2D eigenvalue weighted by Crippen LogP contribution is 2.29. The van der Waals surface area contributed by atoms with Gasteiger partial charge in [-0.25, -0.2) is 9.78 Å². The van der Waals surface area contributed by atoms with Crippen LogP contribution in [0.15, 0.2) is 36.7 Å². The number of hydrogen-bond donors (Lipinski definition) is 1. The molecule has 0 spiro atoms. The third-order valence-corrected chi connectivity index (χ3v) is 5.98. The van der Waals surface area contributed by atoms with E-state index in [0.29, 0.717) is 41.6 Å². The van der Waals surface area contributed by atoms with Crippen molar-refractivity contribution in [2.75, 3.05) is 45.3 Å². The standard InChI is InChI=1S/C24H27N5O5/c1-31-22-3-2-18-23(28-22)19(4-8-25-18)27-24(30)34-17-6-10-29(11-7-17)9-5-16-14-20-21(15-26-16)33-13-12-32-20/h2-4,8,14-15,17H,5-7,9-13H2,1H3,(H,25,27,30). The Hall–Kier alpha value is -3.66. The quantitative estimate of drug-likeness (QED) is 0.587. The first-order valence-corrected chi connectivity index (χ1v) is 11.4. The van der Waals surface area contributed by atoms with Gasteiger partial charge in [0, 0.05) is 50.1 Å². The lowest BCUT2D eigenvalue weighted by molar-refractivity contribution is 0.0593. The minimum Gasteiger partial charge on any atom is -0.486 e. The van der Waals surface area contributed by atoms with Crippen molar-refractivity contribution in [1.82, 2.24) is 19.9 Å². The molecule has 10 nitrogen and oxygen atoms in total. The van der Waals surface area contributed by atoms with Crippen LogP contribution in [0.2, 0.25) is 0 Å². The molecule has 0 saturated carbocycles. The van der Waals surface area contributed by atoms with Gasteiger partial charge in [0.1, 0.15) is 24.8 Å². The van der Waals surface area contributed by atoms with E-state index in [1.165, 1.54) is 0 Å². The molecular formula is C24H27N5O5.